The Bertz CT molecular complexity index is 816. The van der Waals surface area contributed by atoms with Crippen molar-refractivity contribution in [2.45, 2.75) is 6.61 Å². The highest BCUT2D eigenvalue weighted by Gasteiger charge is 2.10. The number of nitrogens with two attached hydrogens (primary N) is 1. The minimum absolute atomic E-state index is 0.183. The summed E-state index contributed by atoms with van der Waals surface area (Å²) in [6.07, 6.45) is 0. The van der Waals surface area contributed by atoms with E-state index >= 15 is 0 Å². The van der Waals surface area contributed by atoms with Gasteiger partial charge < -0.3 is 10.5 Å². The summed E-state index contributed by atoms with van der Waals surface area (Å²) in [6, 6.07) is 12.4. The van der Waals surface area contributed by atoms with Crippen molar-refractivity contribution in [3.8, 4) is 0 Å². The molecule has 0 bridgehead atoms. The second-order valence-corrected chi connectivity index (χ2v) is 5.94. The molecule has 21 heavy (non-hydrogen) atoms. The zero-order valence-corrected chi connectivity index (χ0v) is 12.4. The molecular formula is C15H11ClN2O2S. The zero-order valence-electron chi connectivity index (χ0n) is 10.9. The van der Waals surface area contributed by atoms with E-state index in [1.54, 1.807) is 30.3 Å². The predicted octanol–water partition coefficient (Wildman–Crippen LogP) is 3.89. The van der Waals surface area contributed by atoms with Crippen LogP contribution in [0.4, 0.5) is 5.13 Å². The van der Waals surface area contributed by atoms with Gasteiger partial charge in [-0.2, -0.15) is 0 Å². The average molecular weight is 319 g/mol. The first-order chi connectivity index (χ1) is 10.1. The molecule has 0 saturated heterocycles. The molecule has 1 aromatic heterocycles. The molecule has 2 aromatic carbocycles. The molecule has 0 spiro atoms. The van der Waals surface area contributed by atoms with E-state index in [0.29, 0.717) is 15.7 Å². The van der Waals surface area contributed by atoms with Gasteiger partial charge in [0, 0.05) is 5.02 Å². The molecule has 0 fully saturated rings. The monoisotopic (exact) mass is 318 g/mol. The third-order valence-corrected chi connectivity index (χ3v) is 3.98. The molecule has 0 aliphatic rings. The van der Waals surface area contributed by atoms with Crippen LogP contribution in [0.1, 0.15) is 15.9 Å². The number of anilines is 1. The Morgan fingerprint density at radius 3 is 2.95 bits per heavy atom. The molecule has 6 heteroatoms. The van der Waals surface area contributed by atoms with Crippen LogP contribution in [0.2, 0.25) is 5.02 Å². The number of nitrogens with zero attached hydrogens (tertiary/aromatic N) is 1. The van der Waals surface area contributed by atoms with Crippen molar-refractivity contribution in [2.75, 3.05) is 5.73 Å². The van der Waals surface area contributed by atoms with Gasteiger partial charge in [0.05, 0.1) is 15.8 Å². The largest absolute Gasteiger partial charge is 0.457 e. The maximum absolute atomic E-state index is 12.1. The van der Waals surface area contributed by atoms with E-state index in [4.69, 9.17) is 22.1 Å². The number of halogens is 1. The first kappa shape index (κ1) is 13.9. The molecule has 3 rings (SSSR count). The van der Waals surface area contributed by atoms with Crippen LogP contribution in [0.3, 0.4) is 0 Å². The number of carbonyl (C=O) groups is 1. The average Bonchev–Trinajstić information content (AvgIpc) is 2.84. The number of nitrogen functional groups attached to an aromatic ring is 1. The molecule has 0 saturated carbocycles. The summed E-state index contributed by atoms with van der Waals surface area (Å²) in [7, 11) is 0. The second-order valence-electron chi connectivity index (χ2n) is 4.44. The quantitative estimate of drug-likeness (QED) is 0.744. The van der Waals surface area contributed by atoms with E-state index in [1.165, 1.54) is 11.3 Å². The Balaban J connectivity index is 1.74. The van der Waals surface area contributed by atoms with E-state index in [1.807, 2.05) is 12.1 Å². The maximum Gasteiger partial charge on any atom is 0.338 e. The molecule has 3 aromatic rings. The van der Waals surface area contributed by atoms with Gasteiger partial charge in [0.2, 0.25) is 0 Å². The summed E-state index contributed by atoms with van der Waals surface area (Å²) in [5.41, 5.74) is 7.75. The number of hydrogen-bond acceptors (Lipinski definition) is 5. The van der Waals surface area contributed by atoms with Crippen molar-refractivity contribution in [3.05, 3.63) is 58.6 Å². The summed E-state index contributed by atoms with van der Waals surface area (Å²) in [5, 5.41) is 1.10. The molecule has 0 amide bonds. The molecule has 0 aliphatic carbocycles. The summed E-state index contributed by atoms with van der Waals surface area (Å²) in [6.45, 7) is 0.183. The van der Waals surface area contributed by atoms with Gasteiger partial charge in [-0.15, -0.1) is 0 Å². The van der Waals surface area contributed by atoms with Crippen molar-refractivity contribution >= 4 is 44.3 Å². The SMILES string of the molecule is Nc1nc2ccc(C(=O)OCc3cccc(Cl)c3)cc2s1. The Hall–Kier alpha value is -2.11. The number of aromatic nitrogens is 1. The van der Waals surface area contributed by atoms with Crippen molar-refractivity contribution in [3.63, 3.8) is 0 Å². The highest BCUT2D eigenvalue weighted by atomic mass is 35.5. The van der Waals surface area contributed by atoms with Gasteiger partial charge >= 0.3 is 5.97 Å². The zero-order chi connectivity index (χ0) is 14.8. The van der Waals surface area contributed by atoms with Crippen LogP contribution in [0, 0.1) is 0 Å². The lowest BCUT2D eigenvalue weighted by Gasteiger charge is -2.05. The number of fused-ring (bicyclic) bond motifs is 1. The van der Waals surface area contributed by atoms with Crippen LogP contribution >= 0.6 is 22.9 Å². The Labute approximate surface area is 130 Å². The fourth-order valence-corrected chi connectivity index (χ4v) is 2.91. The molecule has 2 N–H and O–H groups in total. The molecule has 0 aliphatic heterocycles. The fraction of sp³-hybridized carbons (Fsp3) is 0.0667. The standard InChI is InChI=1S/C15H11ClN2O2S/c16-11-3-1-2-9(6-11)8-20-14(19)10-4-5-12-13(7-10)21-15(17)18-12/h1-7H,8H2,(H2,17,18). The minimum atomic E-state index is -0.385. The molecule has 0 atom stereocenters. The first-order valence-corrected chi connectivity index (χ1v) is 7.39. The number of rotatable bonds is 3. The molecule has 0 radical (unpaired) electrons. The molecular weight excluding hydrogens is 308 g/mol. The highest BCUT2D eigenvalue weighted by molar-refractivity contribution is 7.22. The van der Waals surface area contributed by atoms with Crippen LogP contribution in [-0.2, 0) is 11.3 Å². The number of carbonyl (C=O) groups excluding carboxylic acids is 1. The highest BCUT2D eigenvalue weighted by Crippen LogP contribution is 2.25. The second kappa shape index (κ2) is 5.71. The van der Waals surface area contributed by atoms with Gasteiger partial charge in [-0.25, -0.2) is 9.78 Å². The van der Waals surface area contributed by atoms with E-state index < -0.39 is 0 Å². The summed E-state index contributed by atoms with van der Waals surface area (Å²) >= 11 is 7.23. The predicted molar refractivity (Wildman–Crippen MR) is 84.6 cm³/mol. The van der Waals surface area contributed by atoms with Gasteiger partial charge in [-0.1, -0.05) is 35.1 Å². The van der Waals surface area contributed by atoms with Gasteiger partial charge in [0.1, 0.15) is 6.61 Å². The number of ether oxygens (including phenoxy) is 1. The third-order valence-electron chi connectivity index (χ3n) is 2.90. The van der Waals surface area contributed by atoms with Gasteiger partial charge in [0.25, 0.3) is 0 Å². The maximum atomic E-state index is 12.1. The Kier molecular flexibility index (Phi) is 3.77. The van der Waals surface area contributed by atoms with Crippen LogP contribution in [0.5, 0.6) is 0 Å². The van der Waals surface area contributed by atoms with E-state index in [9.17, 15) is 4.79 Å². The van der Waals surface area contributed by atoms with Gasteiger partial charge in [-0.05, 0) is 35.9 Å². The van der Waals surface area contributed by atoms with Crippen molar-refractivity contribution < 1.29 is 9.53 Å². The van der Waals surface area contributed by atoms with Crippen molar-refractivity contribution in [1.29, 1.82) is 0 Å². The smallest absolute Gasteiger partial charge is 0.338 e. The number of benzene rings is 2. The van der Waals surface area contributed by atoms with Crippen LogP contribution in [0.25, 0.3) is 10.2 Å². The lowest BCUT2D eigenvalue weighted by molar-refractivity contribution is 0.0473. The Morgan fingerprint density at radius 1 is 1.29 bits per heavy atom. The van der Waals surface area contributed by atoms with Crippen LogP contribution in [0.15, 0.2) is 42.5 Å². The van der Waals surface area contributed by atoms with Crippen molar-refractivity contribution in [2.24, 2.45) is 0 Å². The molecule has 1 heterocycles. The molecule has 0 unspecified atom stereocenters. The van der Waals surface area contributed by atoms with E-state index in [0.717, 1.165) is 15.8 Å². The summed E-state index contributed by atoms with van der Waals surface area (Å²) in [4.78, 5) is 16.2. The van der Waals surface area contributed by atoms with E-state index in [-0.39, 0.29) is 12.6 Å². The third kappa shape index (κ3) is 3.15. The lowest BCUT2D eigenvalue weighted by atomic mass is 10.2. The topological polar surface area (TPSA) is 65.2 Å². The molecule has 106 valence electrons. The summed E-state index contributed by atoms with van der Waals surface area (Å²) < 4.78 is 6.15. The Morgan fingerprint density at radius 2 is 2.14 bits per heavy atom. The van der Waals surface area contributed by atoms with Gasteiger partial charge in [-0.3, -0.25) is 0 Å². The summed E-state index contributed by atoms with van der Waals surface area (Å²) in [5.74, 6) is -0.385. The van der Waals surface area contributed by atoms with Crippen molar-refractivity contribution in [1.82, 2.24) is 4.98 Å². The van der Waals surface area contributed by atoms with Crippen LogP contribution < -0.4 is 5.73 Å². The van der Waals surface area contributed by atoms with E-state index in [2.05, 4.69) is 4.98 Å². The molecule has 4 nitrogen and oxygen atoms in total. The number of thiazole rings is 1. The number of hydrogen-bond donors (Lipinski definition) is 1. The normalized spacial score (nSPS) is 10.7. The van der Waals surface area contributed by atoms with Crippen LogP contribution in [-0.4, -0.2) is 11.0 Å². The number of esters is 1. The first-order valence-electron chi connectivity index (χ1n) is 6.19. The fourth-order valence-electron chi connectivity index (χ4n) is 1.93. The minimum Gasteiger partial charge on any atom is -0.457 e. The van der Waals surface area contributed by atoms with Gasteiger partial charge in [0.15, 0.2) is 5.13 Å². The lowest BCUT2D eigenvalue weighted by Crippen LogP contribution is -2.05.